The summed E-state index contributed by atoms with van der Waals surface area (Å²) in [6.07, 6.45) is -1.14. The van der Waals surface area contributed by atoms with Gasteiger partial charge in [-0.15, -0.1) is 22.7 Å². The molecule has 91 heavy (non-hydrogen) atoms. The van der Waals surface area contributed by atoms with Crippen LogP contribution in [-0.4, -0.2) is 146 Å². The number of fused-ring (bicyclic) bond motifs is 2. The van der Waals surface area contributed by atoms with Crippen molar-refractivity contribution in [2.24, 2.45) is 10.8 Å². The summed E-state index contributed by atoms with van der Waals surface area (Å²) in [6.45, 7) is 14.5. The maximum Gasteiger partial charge on any atom is 0.399 e. The number of carbonyl (C=O) groups is 7. The molecule has 9 rings (SSSR count). The summed E-state index contributed by atoms with van der Waals surface area (Å²) in [4.78, 5) is 128. The normalized spacial score (nSPS) is 19.0. The number of aromatic nitrogens is 1. The molecule has 2 saturated heterocycles. The molecule has 2 aromatic heterocycles. The third-order valence-electron chi connectivity index (χ3n) is 16.6. The van der Waals surface area contributed by atoms with Crippen LogP contribution in [0.3, 0.4) is 0 Å². The van der Waals surface area contributed by atoms with Crippen LogP contribution in [0.15, 0.2) is 103 Å². The van der Waals surface area contributed by atoms with Gasteiger partial charge in [0.15, 0.2) is 6.61 Å². The van der Waals surface area contributed by atoms with E-state index >= 15 is 4.79 Å². The second-order valence-electron chi connectivity index (χ2n) is 25.5. The van der Waals surface area contributed by atoms with Crippen LogP contribution in [0.2, 0.25) is 0 Å². The van der Waals surface area contributed by atoms with Crippen LogP contribution in [0, 0.1) is 17.8 Å². The molecule has 0 spiro atoms. The standard InChI is InChI=1S/C65H77F2N8O13PS2/c1-37(39-16-18-41(19-17-39)55-38(2)69-36-90-55)70-58(79)48-31-46(76)33-75(48)61(82)56(63(3,4)5)71-53(77)15-12-24-68-54(78)35-88-47-22-20-42-29-49(60(81)73-25-26-87-50(34-73)40-13-10-9-11-14-40)74(32-44(42)28-47)62(83)57(64(6,7)8)72-59(80)52-30-43-27-45(21-23-51(43)91-52)65(66,67)89(84,85)86/h9-11,13-14,16-23,27-28,30,36-37,46,48-50,56-57,76H,12,15,24-26,29,31-35H2,1-8H3,(H,68,78)(H,70,79)(H,71,77)(H,72,80)(H2,84,85,86)/t37-,46+,48-,49?,50?,56?,57?/m0/s1. The first-order chi connectivity index (χ1) is 42.9. The number of aliphatic hydroxyl groups excluding tert-OH is 1. The Morgan fingerprint density at radius 1 is 0.813 bits per heavy atom. The highest BCUT2D eigenvalue weighted by molar-refractivity contribution is 7.52. The average molecular weight is 1310 g/mol. The first-order valence-corrected chi connectivity index (χ1v) is 33.3. The first kappa shape index (κ1) is 67.9. The summed E-state index contributed by atoms with van der Waals surface area (Å²) in [7, 11) is -5.88. The Morgan fingerprint density at radius 2 is 1.51 bits per heavy atom. The van der Waals surface area contributed by atoms with Gasteiger partial charge >= 0.3 is 13.3 Å². The van der Waals surface area contributed by atoms with Gasteiger partial charge in [0.05, 0.1) is 46.3 Å². The number of aliphatic hydroxyl groups is 1. The van der Waals surface area contributed by atoms with E-state index in [-0.39, 0.29) is 86.9 Å². The van der Waals surface area contributed by atoms with Gasteiger partial charge in [-0.05, 0) is 94.6 Å². The molecule has 0 radical (unpaired) electrons. The van der Waals surface area contributed by atoms with Crippen molar-refractivity contribution in [3.8, 4) is 16.2 Å². The van der Waals surface area contributed by atoms with Crippen molar-refractivity contribution in [2.75, 3.05) is 39.4 Å². The van der Waals surface area contributed by atoms with E-state index in [9.17, 15) is 57.0 Å². The summed E-state index contributed by atoms with van der Waals surface area (Å²) < 4.78 is 53.5. The highest BCUT2D eigenvalue weighted by Crippen LogP contribution is 2.59. The molecule has 6 aromatic rings. The fourth-order valence-corrected chi connectivity index (χ4v) is 13.7. The minimum Gasteiger partial charge on any atom is -0.484 e. The summed E-state index contributed by atoms with van der Waals surface area (Å²) in [5, 5.41) is 22.3. The van der Waals surface area contributed by atoms with E-state index in [2.05, 4.69) is 26.3 Å². The largest absolute Gasteiger partial charge is 0.484 e. The van der Waals surface area contributed by atoms with Gasteiger partial charge < -0.3 is 60.3 Å². The zero-order chi connectivity index (χ0) is 65.9. The van der Waals surface area contributed by atoms with E-state index < -0.39 is 114 Å². The van der Waals surface area contributed by atoms with Crippen molar-refractivity contribution < 1.29 is 71.3 Å². The molecule has 0 bridgehead atoms. The minimum absolute atomic E-state index is 0.0258. The van der Waals surface area contributed by atoms with E-state index in [1.165, 1.54) is 21.9 Å². The minimum atomic E-state index is -5.88. The lowest BCUT2D eigenvalue weighted by molar-refractivity contribution is -0.153. The first-order valence-electron chi connectivity index (χ1n) is 30.0. The van der Waals surface area contributed by atoms with Crippen LogP contribution < -0.4 is 26.0 Å². The molecule has 7 atom stereocenters. The Bertz CT molecular complexity index is 3740. The van der Waals surface area contributed by atoms with Gasteiger partial charge in [-0.25, -0.2) is 4.98 Å². The smallest absolute Gasteiger partial charge is 0.399 e. The lowest BCUT2D eigenvalue weighted by atomic mass is 9.84. The lowest BCUT2D eigenvalue weighted by Gasteiger charge is -2.43. The van der Waals surface area contributed by atoms with Gasteiger partial charge in [-0.1, -0.05) is 108 Å². The zero-order valence-electron chi connectivity index (χ0n) is 51.9. The van der Waals surface area contributed by atoms with Crippen molar-refractivity contribution in [1.82, 2.24) is 41.0 Å². The lowest BCUT2D eigenvalue weighted by Crippen LogP contribution is -2.61. The quantitative estimate of drug-likeness (QED) is 0.0283. The maximum absolute atomic E-state index is 15.2. The number of carbonyl (C=O) groups excluding carboxylic acids is 7. The number of morpholine rings is 1. The van der Waals surface area contributed by atoms with E-state index in [4.69, 9.17) is 9.47 Å². The molecule has 0 saturated carbocycles. The zero-order valence-corrected chi connectivity index (χ0v) is 54.4. The number of hydrogen-bond acceptors (Lipinski definition) is 14. The SMILES string of the molecule is Cc1ncsc1-c1ccc([C@H](C)NC(=O)[C@@H]2C[C@@H](O)CN2C(=O)C(NC(=O)CCCNC(=O)COc2ccc3c(c2)CN(C(=O)C(NC(=O)c2cc4cc(C(F)(F)P(=O)(O)O)ccc4s2)C(C)(C)C)C(C(=O)N2CCOC(c4ccccc4)C2)C3)C(C)(C)C)cc1. The van der Waals surface area contributed by atoms with E-state index in [1.54, 1.807) is 81.5 Å². The summed E-state index contributed by atoms with van der Waals surface area (Å²) >= 11 is 2.48. The molecule has 4 aromatic carbocycles. The van der Waals surface area contributed by atoms with E-state index in [0.717, 1.165) is 56.3 Å². The fourth-order valence-electron chi connectivity index (χ4n) is 11.5. The molecular weight excluding hydrogens is 1230 g/mol. The van der Waals surface area contributed by atoms with Crippen LogP contribution in [0.4, 0.5) is 8.78 Å². The van der Waals surface area contributed by atoms with Crippen LogP contribution in [0.5, 0.6) is 5.75 Å². The maximum atomic E-state index is 15.2. The molecule has 4 unspecified atom stereocenters. The average Bonchev–Trinajstić information content (AvgIpc) is 1.66. The molecule has 2 fully saturated rings. The summed E-state index contributed by atoms with van der Waals surface area (Å²) in [5.74, 6) is -3.27. The van der Waals surface area contributed by atoms with Gasteiger partial charge in [0, 0.05) is 55.7 Å². The number of thiophene rings is 1. The van der Waals surface area contributed by atoms with Crippen molar-refractivity contribution in [1.29, 1.82) is 0 Å². The number of nitrogens with zero attached hydrogens (tertiary/aromatic N) is 4. The predicted molar refractivity (Wildman–Crippen MR) is 339 cm³/mol. The second-order valence-corrected chi connectivity index (χ2v) is 29.1. The number of rotatable bonds is 20. The molecular formula is C65H77F2N8O13PS2. The molecule has 0 aliphatic carbocycles. The van der Waals surface area contributed by atoms with Gasteiger partial charge in [0.2, 0.25) is 29.5 Å². The Labute approximate surface area is 534 Å². The number of aryl methyl sites for hydroxylation is 1. The highest BCUT2D eigenvalue weighted by Gasteiger charge is 2.51. The number of halogens is 2. The third-order valence-corrected chi connectivity index (χ3v) is 19.7. The number of ether oxygens (including phenoxy) is 2. The van der Waals surface area contributed by atoms with Crippen LogP contribution in [0.1, 0.15) is 123 Å². The van der Waals surface area contributed by atoms with Crippen molar-refractivity contribution in [2.45, 2.75) is 136 Å². The molecule has 26 heteroatoms. The number of thiazole rings is 1. The number of likely N-dealkylation sites (tertiary alicyclic amines) is 1. The monoisotopic (exact) mass is 1310 g/mol. The van der Waals surface area contributed by atoms with Crippen molar-refractivity contribution in [3.05, 3.63) is 141 Å². The van der Waals surface area contributed by atoms with Crippen molar-refractivity contribution >= 4 is 81.7 Å². The Hall–Kier alpha value is -7.51. The second kappa shape index (κ2) is 27.8. The molecule has 7 amide bonds. The van der Waals surface area contributed by atoms with Crippen LogP contribution >= 0.6 is 30.3 Å². The van der Waals surface area contributed by atoms with Crippen LogP contribution in [-0.2, 0) is 56.7 Å². The number of nitrogens with one attached hydrogen (secondary N) is 4. The molecule has 7 N–H and O–H groups in total. The van der Waals surface area contributed by atoms with E-state index in [0.29, 0.717) is 10.3 Å². The molecule has 3 aliphatic heterocycles. The Morgan fingerprint density at radius 3 is 2.18 bits per heavy atom. The molecule has 21 nitrogen and oxygen atoms in total. The predicted octanol–water partition coefficient (Wildman–Crippen LogP) is 7.90. The highest BCUT2D eigenvalue weighted by atomic mass is 32.1. The van der Waals surface area contributed by atoms with Gasteiger partial charge in [-0.2, -0.15) is 8.78 Å². The van der Waals surface area contributed by atoms with Crippen molar-refractivity contribution in [3.63, 3.8) is 0 Å². The van der Waals surface area contributed by atoms with Gasteiger partial charge in [0.25, 0.3) is 11.8 Å². The van der Waals surface area contributed by atoms with E-state index in [1.807, 2.05) is 68.4 Å². The van der Waals surface area contributed by atoms with Gasteiger partial charge in [0.1, 0.15) is 36.0 Å². The Balaban J connectivity index is 0.819. The summed E-state index contributed by atoms with van der Waals surface area (Å²) in [5.41, 5.74) is -0.376. The fraction of sp³-hybridized carbons (Fsp3) is 0.446. The molecule has 5 heterocycles. The van der Waals surface area contributed by atoms with Crippen LogP contribution in [0.25, 0.3) is 20.5 Å². The molecule has 3 aliphatic rings. The molecule has 486 valence electrons. The van der Waals surface area contributed by atoms with Gasteiger partial charge in [-0.3, -0.25) is 38.1 Å². The number of β-amino-alcohol motifs (C(OH)–C–C–N with tert-alkyl or cyclic N) is 1. The number of hydrogen-bond donors (Lipinski definition) is 7. The Kier molecular flexibility index (Phi) is 20.7. The topological polar surface area (TPSA) is 286 Å². The number of alkyl halides is 2. The number of benzene rings is 4. The number of amides is 7. The third kappa shape index (κ3) is 15.9. The summed E-state index contributed by atoms with van der Waals surface area (Å²) in [6, 6.07) is 21.9.